The molecule has 4 nitrogen and oxygen atoms in total. The van der Waals surface area contributed by atoms with E-state index in [9.17, 15) is 9.18 Å². The van der Waals surface area contributed by atoms with Gasteiger partial charge in [-0.1, -0.05) is 35.3 Å². The first-order valence-corrected chi connectivity index (χ1v) is 7.83. The maximum Gasteiger partial charge on any atom is 0.244 e. The van der Waals surface area contributed by atoms with Crippen molar-refractivity contribution in [1.82, 2.24) is 15.1 Å². The summed E-state index contributed by atoms with van der Waals surface area (Å²) in [6.07, 6.45) is 3.71. The van der Waals surface area contributed by atoms with Crippen LogP contribution in [-0.2, 0) is 11.3 Å². The van der Waals surface area contributed by atoms with E-state index in [4.69, 9.17) is 23.2 Å². The maximum absolute atomic E-state index is 12.8. The molecule has 1 amide bonds. The van der Waals surface area contributed by atoms with Crippen molar-refractivity contribution in [2.75, 3.05) is 6.54 Å². The highest BCUT2D eigenvalue weighted by atomic mass is 35.5. The zero-order chi connectivity index (χ0) is 16.8. The minimum Gasteiger partial charge on any atom is -0.352 e. The summed E-state index contributed by atoms with van der Waals surface area (Å²) in [6, 6.07) is 5.90. The van der Waals surface area contributed by atoms with Gasteiger partial charge in [0.1, 0.15) is 16.0 Å². The zero-order valence-corrected chi connectivity index (χ0v) is 14.0. The summed E-state index contributed by atoms with van der Waals surface area (Å²) in [5.74, 6) is -0.519. The third-order valence-electron chi connectivity index (χ3n) is 3.14. The van der Waals surface area contributed by atoms with Gasteiger partial charge in [-0.15, -0.1) is 0 Å². The van der Waals surface area contributed by atoms with Crippen molar-refractivity contribution < 1.29 is 9.18 Å². The third-order valence-corrected chi connectivity index (χ3v) is 4.07. The molecule has 0 saturated carbocycles. The van der Waals surface area contributed by atoms with Crippen molar-refractivity contribution in [1.29, 1.82) is 0 Å². The molecule has 0 saturated heterocycles. The fraction of sp³-hybridized carbons (Fsp3) is 0.250. The van der Waals surface area contributed by atoms with Crippen molar-refractivity contribution in [2.45, 2.75) is 19.9 Å². The normalized spacial score (nSPS) is 11.1. The van der Waals surface area contributed by atoms with Gasteiger partial charge in [-0.3, -0.25) is 9.48 Å². The summed E-state index contributed by atoms with van der Waals surface area (Å²) in [4.78, 5) is 11.7. The van der Waals surface area contributed by atoms with Gasteiger partial charge < -0.3 is 5.32 Å². The summed E-state index contributed by atoms with van der Waals surface area (Å²) in [7, 11) is 0. The summed E-state index contributed by atoms with van der Waals surface area (Å²) in [6.45, 7) is 2.83. The molecule has 0 aliphatic carbocycles. The number of nitrogens with zero attached hydrogens (tertiary/aromatic N) is 2. The maximum atomic E-state index is 12.8. The summed E-state index contributed by atoms with van der Waals surface area (Å²) >= 11 is 12.0. The Labute approximate surface area is 143 Å². The number of hydrogen-bond acceptors (Lipinski definition) is 2. The molecule has 0 atom stereocenters. The van der Waals surface area contributed by atoms with E-state index in [1.165, 1.54) is 18.2 Å². The second kappa shape index (κ2) is 8.13. The molecule has 1 aromatic heterocycles. The van der Waals surface area contributed by atoms with Crippen LogP contribution in [0.25, 0.3) is 6.08 Å². The number of hydrogen-bond donors (Lipinski definition) is 1. The van der Waals surface area contributed by atoms with Gasteiger partial charge in [-0.25, -0.2) is 4.39 Å². The van der Waals surface area contributed by atoms with E-state index in [0.29, 0.717) is 35.4 Å². The first-order chi connectivity index (χ1) is 11.0. The van der Waals surface area contributed by atoms with Crippen LogP contribution in [0.1, 0.15) is 17.7 Å². The number of rotatable bonds is 6. The molecule has 2 rings (SSSR count). The van der Waals surface area contributed by atoms with Crippen LogP contribution in [0.2, 0.25) is 10.2 Å². The number of nitrogens with one attached hydrogen (secondary N) is 1. The number of halogens is 3. The molecule has 0 fully saturated rings. The first-order valence-electron chi connectivity index (χ1n) is 7.07. The minimum absolute atomic E-state index is 0.213. The molecule has 1 aromatic carbocycles. The van der Waals surface area contributed by atoms with Crippen LogP contribution >= 0.6 is 23.2 Å². The lowest BCUT2D eigenvalue weighted by atomic mass is 10.2. The summed E-state index contributed by atoms with van der Waals surface area (Å²) in [5, 5.41) is 7.83. The lowest BCUT2D eigenvalue weighted by molar-refractivity contribution is -0.116. The number of carbonyl (C=O) groups is 1. The fourth-order valence-electron chi connectivity index (χ4n) is 1.92. The lowest BCUT2D eigenvalue weighted by Crippen LogP contribution is -2.23. The first kappa shape index (κ1) is 17.5. The topological polar surface area (TPSA) is 46.9 Å². The van der Waals surface area contributed by atoms with Gasteiger partial charge in [0.25, 0.3) is 0 Å². The van der Waals surface area contributed by atoms with Gasteiger partial charge in [0.05, 0.1) is 5.69 Å². The zero-order valence-electron chi connectivity index (χ0n) is 12.5. The van der Waals surface area contributed by atoms with E-state index in [0.717, 1.165) is 5.56 Å². The Morgan fingerprint density at radius 1 is 1.35 bits per heavy atom. The summed E-state index contributed by atoms with van der Waals surface area (Å²) in [5.41, 5.74) is 1.44. The molecule has 122 valence electrons. The van der Waals surface area contributed by atoms with Crippen LogP contribution in [0.3, 0.4) is 0 Å². The van der Waals surface area contributed by atoms with Crippen LogP contribution in [0.5, 0.6) is 0 Å². The van der Waals surface area contributed by atoms with E-state index in [1.807, 2.05) is 0 Å². The predicted molar refractivity (Wildman–Crippen MR) is 90.0 cm³/mol. The van der Waals surface area contributed by atoms with Gasteiger partial charge in [-0.2, -0.15) is 5.10 Å². The Morgan fingerprint density at radius 2 is 2.04 bits per heavy atom. The molecule has 0 aliphatic rings. The van der Waals surface area contributed by atoms with Crippen molar-refractivity contribution in [3.8, 4) is 0 Å². The van der Waals surface area contributed by atoms with Crippen LogP contribution in [-0.4, -0.2) is 22.2 Å². The van der Waals surface area contributed by atoms with E-state index in [-0.39, 0.29) is 11.7 Å². The lowest BCUT2D eigenvalue weighted by Gasteiger charge is -2.04. The fourth-order valence-corrected chi connectivity index (χ4v) is 2.32. The molecule has 0 bridgehead atoms. The van der Waals surface area contributed by atoms with Crippen molar-refractivity contribution >= 4 is 35.2 Å². The van der Waals surface area contributed by atoms with Crippen LogP contribution in [0.15, 0.2) is 30.3 Å². The second-order valence-electron chi connectivity index (χ2n) is 4.94. The standard InChI is InChI=1S/C16H16Cl2FN3O/c1-11-15(17)16(18)22(21-11)10-2-9-20-14(23)8-5-12-3-6-13(19)7-4-12/h3-8H,2,9-10H2,1H3,(H,20,23)/b8-5+. The minimum atomic E-state index is -0.306. The molecule has 7 heteroatoms. The van der Waals surface area contributed by atoms with Gasteiger partial charge in [0.15, 0.2) is 0 Å². The smallest absolute Gasteiger partial charge is 0.244 e. The van der Waals surface area contributed by atoms with Crippen LogP contribution in [0.4, 0.5) is 4.39 Å². The van der Waals surface area contributed by atoms with Gasteiger partial charge in [0, 0.05) is 19.2 Å². The molecule has 0 radical (unpaired) electrons. The van der Waals surface area contributed by atoms with Crippen LogP contribution in [0, 0.1) is 12.7 Å². The van der Waals surface area contributed by atoms with E-state index in [2.05, 4.69) is 10.4 Å². The molecule has 0 unspecified atom stereocenters. The number of benzene rings is 1. The highest BCUT2D eigenvalue weighted by molar-refractivity contribution is 6.41. The second-order valence-corrected chi connectivity index (χ2v) is 5.68. The van der Waals surface area contributed by atoms with Gasteiger partial charge in [0.2, 0.25) is 5.91 Å². The van der Waals surface area contributed by atoms with Gasteiger partial charge >= 0.3 is 0 Å². The van der Waals surface area contributed by atoms with Gasteiger partial charge in [-0.05, 0) is 37.1 Å². The largest absolute Gasteiger partial charge is 0.352 e. The van der Waals surface area contributed by atoms with E-state index in [1.54, 1.807) is 29.8 Å². The SMILES string of the molecule is Cc1nn(CCCNC(=O)/C=C/c2ccc(F)cc2)c(Cl)c1Cl. The Kier molecular flexibility index (Phi) is 6.19. The Hall–Kier alpha value is -1.85. The van der Waals surface area contributed by atoms with E-state index < -0.39 is 0 Å². The third kappa shape index (κ3) is 5.08. The van der Waals surface area contributed by atoms with Crippen molar-refractivity contribution in [3.63, 3.8) is 0 Å². The predicted octanol–water partition coefficient (Wildman–Crippen LogP) is 3.86. The molecule has 2 aromatic rings. The molecule has 0 aliphatic heterocycles. The highest BCUT2D eigenvalue weighted by Gasteiger charge is 2.10. The molecular weight excluding hydrogens is 340 g/mol. The quantitative estimate of drug-likeness (QED) is 0.631. The molecule has 23 heavy (non-hydrogen) atoms. The molecular formula is C16H16Cl2FN3O. The molecule has 1 heterocycles. The number of carbonyl (C=O) groups excluding carboxylic acids is 1. The Bertz CT molecular complexity index is 711. The van der Waals surface area contributed by atoms with Crippen LogP contribution < -0.4 is 5.32 Å². The average molecular weight is 356 g/mol. The Balaban J connectivity index is 1.74. The van der Waals surface area contributed by atoms with E-state index >= 15 is 0 Å². The average Bonchev–Trinajstić information content (AvgIpc) is 2.78. The highest BCUT2D eigenvalue weighted by Crippen LogP contribution is 2.24. The molecule has 0 spiro atoms. The summed E-state index contributed by atoms with van der Waals surface area (Å²) < 4.78 is 14.4. The number of amides is 1. The number of aryl methyl sites for hydroxylation is 2. The number of aromatic nitrogens is 2. The molecule has 1 N–H and O–H groups in total. The van der Waals surface area contributed by atoms with Crippen molar-refractivity contribution in [2.24, 2.45) is 0 Å². The van der Waals surface area contributed by atoms with Crippen molar-refractivity contribution in [3.05, 3.63) is 57.6 Å². The monoisotopic (exact) mass is 355 g/mol. The Morgan fingerprint density at radius 3 is 2.65 bits per heavy atom.